The van der Waals surface area contributed by atoms with E-state index >= 15 is 0 Å². The molecule has 2 aromatic heterocycles. The first-order valence-corrected chi connectivity index (χ1v) is 21.0. The second kappa shape index (κ2) is 14.5. The molecule has 3 heterocycles. The standard InChI is InChI=1S/C58H37N3O/c1-3-14-40(15-4-1)51-35-34-45(57(59-51)43-16-5-2-6-17-43)39-28-32-42(33-29-39)53-37-36-52(60-61-53)41-30-26-38(27-31-41)44-19-13-23-50-56(44)46-18-7-8-20-47(46)58(50)48-21-9-11-24-54(48)62-55-25-12-10-22-49(55)58/h1-37H. The van der Waals surface area contributed by atoms with Gasteiger partial charge in [-0.2, -0.15) is 0 Å². The molecule has 1 aliphatic heterocycles. The highest BCUT2D eigenvalue weighted by Crippen LogP contribution is 2.63. The van der Waals surface area contributed by atoms with Crippen molar-refractivity contribution >= 4 is 0 Å². The van der Waals surface area contributed by atoms with E-state index in [1.807, 2.05) is 24.3 Å². The Morgan fingerprint density at radius 3 is 1.35 bits per heavy atom. The third kappa shape index (κ3) is 5.65. The second-order valence-corrected chi connectivity index (χ2v) is 15.9. The number of para-hydroxylation sites is 2. The van der Waals surface area contributed by atoms with Crippen LogP contribution in [0.5, 0.6) is 11.5 Å². The molecule has 0 saturated heterocycles. The van der Waals surface area contributed by atoms with Crippen LogP contribution in [-0.4, -0.2) is 15.2 Å². The summed E-state index contributed by atoms with van der Waals surface area (Å²) in [5.41, 5.74) is 19.1. The molecule has 1 spiro atoms. The van der Waals surface area contributed by atoms with Gasteiger partial charge in [0.1, 0.15) is 11.5 Å². The van der Waals surface area contributed by atoms with Crippen LogP contribution in [0.1, 0.15) is 22.3 Å². The van der Waals surface area contributed by atoms with Gasteiger partial charge in [0.2, 0.25) is 0 Å². The van der Waals surface area contributed by atoms with Crippen LogP contribution in [0.2, 0.25) is 0 Å². The summed E-state index contributed by atoms with van der Waals surface area (Å²) in [6.07, 6.45) is 0. The van der Waals surface area contributed by atoms with Crippen LogP contribution in [0.15, 0.2) is 224 Å². The van der Waals surface area contributed by atoms with E-state index in [9.17, 15) is 0 Å². The monoisotopic (exact) mass is 791 g/mol. The molecule has 4 nitrogen and oxygen atoms in total. The fourth-order valence-electron chi connectivity index (χ4n) is 9.70. The van der Waals surface area contributed by atoms with E-state index < -0.39 is 5.41 Å². The van der Waals surface area contributed by atoms with Gasteiger partial charge >= 0.3 is 0 Å². The van der Waals surface area contributed by atoms with E-state index in [2.05, 4.69) is 200 Å². The minimum Gasteiger partial charge on any atom is -0.457 e. The number of aromatic nitrogens is 3. The zero-order valence-corrected chi connectivity index (χ0v) is 33.6. The van der Waals surface area contributed by atoms with Crippen LogP contribution in [0.3, 0.4) is 0 Å². The molecule has 0 fully saturated rings. The molecule has 2 aliphatic rings. The Hall–Kier alpha value is -8.21. The van der Waals surface area contributed by atoms with Crippen LogP contribution in [0, 0.1) is 0 Å². The number of benzene rings is 8. The number of nitrogens with zero attached hydrogens (tertiary/aromatic N) is 3. The zero-order valence-electron chi connectivity index (χ0n) is 33.6. The summed E-state index contributed by atoms with van der Waals surface area (Å²) in [5.74, 6) is 1.79. The lowest BCUT2D eigenvalue weighted by molar-refractivity contribution is 0.436. The largest absolute Gasteiger partial charge is 0.457 e. The van der Waals surface area contributed by atoms with Crippen LogP contribution in [0.4, 0.5) is 0 Å². The second-order valence-electron chi connectivity index (χ2n) is 15.9. The summed E-state index contributed by atoms with van der Waals surface area (Å²) in [6, 6.07) is 79.0. The molecule has 62 heavy (non-hydrogen) atoms. The van der Waals surface area contributed by atoms with E-state index in [1.54, 1.807) is 0 Å². The van der Waals surface area contributed by atoms with Crippen molar-refractivity contribution in [3.8, 4) is 89.9 Å². The van der Waals surface area contributed by atoms with Crippen molar-refractivity contribution < 1.29 is 4.74 Å². The molecule has 1 aliphatic carbocycles. The molecule has 0 bridgehead atoms. The van der Waals surface area contributed by atoms with Crippen LogP contribution < -0.4 is 4.74 Å². The van der Waals surface area contributed by atoms with Crippen molar-refractivity contribution in [3.63, 3.8) is 0 Å². The molecule has 10 aromatic rings. The Bertz CT molecular complexity index is 3240. The lowest BCUT2D eigenvalue weighted by atomic mass is 9.66. The van der Waals surface area contributed by atoms with Gasteiger partial charge in [-0.05, 0) is 69.3 Å². The van der Waals surface area contributed by atoms with E-state index in [1.165, 1.54) is 38.9 Å². The topological polar surface area (TPSA) is 47.9 Å². The first kappa shape index (κ1) is 35.7. The summed E-state index contributed by atoms with van der Waals surface area (Å²) in [7, 11) is 0. The van der Waals surface area contributed by atoms with Crippen molar-refractivity contribution in [1.29, 1.82) is 0 Å². The number of pyridine rings is 1. The summed E-state index contributed by atoms with van der Waals surface area (Å²) in [6.45, 7) is 0. The maximum atomic E-state index is 6.54. The lowest BCUT2D eigenvalue weighted by Crippen LogP contribution is -2.32. The van der Waals surface area contributed by atoms with Crippen molar-refractivity contribution in [1.82, 2.24) is 15.2 Å². The summed E-state index contributed by atoms with van der Waals surface area (Å²) < 4.78 is 6.54. The van der Waals surface area contributed by atoms with Crippen molar-refractivity contribution in [2.75, 3.05) is 0 Å². The third-order valence-electron chi connectivity index (χ3n) is 12.5. The van der Waals surface area contributed by atoms with Crippen LogP contribution in [0.25, 0.3) is 78.4 Å². The van der Waals surface area contributed by atoms with Gasteiger partial charge in [-0.15, -0.1) is 10.2 Å². The molecular weight excluding hydrogens is 755 g/mol. The number of hydrogen-bond donors (Lipinski definition) is 0. The number of hydrogen-bond acceptors (Lipinski definition) is 4. The SMILES string of the molecule is c1ccc(-c2ccc(-c3ccc(-c4ccc(-c5ccc(-c6cccc7c6-c6ccccc6C76c7ccccc7Oc7ccccc76)cc5)nn4)cc3)c(-c3ccccc3)n2)cc1. The number of fused-ring (bicyclic) bond motifs is 9. The zero-order chi connectivity index (χ0) is 41.0. The highest BCUT2D eigenvalue weighted by atomic mass is 16.5. The molecule has 0 radical (unpaired) electrons. The van der Waals surface area contributed by atoms with Crippen molar-refractivity contribution in [3.05, 3.63) is 247 Å². The maximum absolute atomic E-state index is 6.54. The van der Waals surface area contributed by atoms with Gasteiger partial charge < -0.3 is 4.74 Å². The summed E-state index contributed by atoms with van der Waals surface area (Å²) >= 11 is 0. The quantitative estimate of drug-likeness (QED) is 0.168. The van der Waals surface area contributed by atoms with Gasteiger partial charge in [-0.1, -0.05) is 194 Å². The van der Waals surface area contributed by atoms with Gasteiger partial charge in [0, 0.05) is 38.9 Å². The minimum absolute atomic E-state index is 0.499. The van der Waals surface area contributed by atoms with Gasteiger partial charge in [0.05, 0.1) is 28.2 Å². The van der Waals surface area contributed by atoms with Gasteiger partial charge in [0.15, 0.2) is 0 Å². The molecule has 0 atom stereocenters. The highest BCUT2D eigenvalue weighted by molar-refractivity contribution is 5.96. The molecule has 0 N–H and O–H groups in total. The van der Waals surface area contributed by atoms with Crippen LogP contribution >= 0.6 is 0 Å². The highest BCUT2D eigenvalue weighted by Gasteiger charge is 2.51. The maximum Gasteiger partial charge on any atom is 0.132 e. The van der Waals surface area contributed by atoms with Crippen molar-refractivity contribution in [2.24, 2.45) is 0 Å². The molecule has 4 heteroatoms. The van der Waals surface area contributed by atoms with E-state index in [-0.39, 0.29) is 0 Å². The molecule has 8 aromatic carbocycles. The average molecular weight is 792 g/mol. The first-order valence-electron chi connectivity index (χ1n) is 21.0. The van der Waals surface area contributed by atoms with Crippen LogP contribution in [-0.2, 0) is 5.41 Å². The predicted octanol–water partition coefficient (Wildman–Crippen LogP) is 14.3. The Kier molecular flexibility index (Phi) is 8.36. The fourth-order valence-corrected chi connectivity index (χ4v) is 9.70. The molecule has 0 amide bonds. The van der Waals surface area contributed by atoms with Gasteiger partial charge in [-0.25, -0.2) is 4.98 Å². The van der Waals surface area contributed by atoms with Gasteiger partial charge in [-0.3, -0.25) is 0 Å². The average Bonchev–Trinajstić information content (AvgIpc) is 3.65. The third-order valence-corrected chi connectivity index (χ3v) is 12.5. The molecular formula is C58H37N3O. The van der Waals surface area contributed by atoms with E-state index in [4.69, 9.17) is 19.9 Å². The Morgan fingerprint density at radius 1 is 0.290 bits per heavy atom. The molecule has 12 rings (SSSR count). The van der Waals surface area contributed by atoms with E-state index in [0.29, 0.717) is 0 Å². The molecule has 290 valence electrons. The van der Waals surface area contributed by atoms with Gasteiger partial charge in [0.25, 0.3) is 0 Å². The summed E-state index contributed by atoms with van der Waals surface area (Å²) in [5, 5.41) is 9.42. The number of rotatable bonds is 6. The fraction of sp³-hybridized carbons (Fsp3) is 0.0172. The Morgan fingerprint density at radius 2 is 0.742 bits per heavy atom. The minimum atomic E-state index is -0.499. The Balaban J connectivity index is 0.852. The molecule has 0 unspecified atom stereocenters. The molecule has 0 saturated carbocycles. The summed E-state index contributed by atoms with van der Waals surface area (Å²) in [4.78, 5) is 5.16. The van der Waals surface area contributed by atoms with Crippen molar-refractivity contribution in [2.45, 2.75) is 5.41 Å². The normalized spacial score (nSPS) is 12.8. The first-order chi connectivity index (χ1) is 30.7. The number of ether oxygens (including phenoxy) is 1. The lowest BCUT2D eigenvalue weighted by Gasteiger charge is -2.39. The smallest absolute Gasteiger partial charge is 0.132 e. The van der Waals surface area contributed by atoms with E-state index in [0.717, 1.165) is 73.2 Å². The predicted molar refractivity (Wildman–Crippen MR) is 250 cm³/mol. The Labute approximate surface area is 360 Å².